The van der Waals surface area contributed by atoms with Gasteiger partial charge in [-0.25, -0.2) is 0 Å². The molecule has 0 saturated heterocycles. The summed E-state index contributed by atoms with van der Waals surface area (Å²) in [6.45, 7) is 4.96. The van der Waals surface area contributed by atoms with Crippen LogP contribution in [0.1, 0.15) is 31.7 Å². The average Bonchev–Trinajstić information content (AvgIpc) is 2.31. The van der Waals surface area contributed by atoms with E-state index < -0.39 is 0 Å². The van der Waals surface area contributed by atoms with Gasteiger partial charge in [-0.1, -0.05) is 19.9 Å². The van der Waals surface area contributed by atoms with Crippen molar-refractivity contribution in [2.24, 2.45) is 11.7 Å². The molecule has 0 aromatic heterocycles. The van der Waals surface area contributed by atoms with Crippen molar-refractivity contribution in [2.75, 3.05) is 13.7 Å². The quantitative estimate of drug-likeness (QED) is 0.806. The SMILES string of the molecule is CCC(c1ccc(O)c(OC)c1)C(C)CN. The molecule has 1 aromatic rings. The van der Waals surface area contributed by atoms with E-state index in [1.807, 2.05) is 12.1 Å². The Bertz CT molecular complexity index is 339. The number of hydrogen-bond donors (Lipinski definition) is 2. The fraction of sp³-hybridized carbons (Fsp3) is 0.538. The van der Waals surface area contributed by atoms with Crippen LogP contribution in [0.25, 0.3) is 0 Å². The smallest absolute Gasteiger partial charge is 0.160 e. The van der Waals surface area contributed by atoms with Crippen molar-refractivity contribution in [1.29, 1.82) is 0 Å². The minimum Gasteiger partial charge on any atom is -0.504 e. The molecule has 0 saturated carbocycles. The predicted molar refractivity (Wildman–Crippen MR) is 65.9 cm³/mol. The van der Waals surface area contributed by atoms with Crippen LogP contribution < -0.4 is 10.5 Å². The number of aromatic hydroxyl groups is 1. The lowest BCUT2D eigenvalue weighted by Crippen LogP contribution is -2.18. The van der Waals surface area contributed by atoms with Gasteiger partial charge in [0.05, 0.1) is 7.11 Å². The van der Waals surface area contributed by atoms with Crippen LogP contribution in [0.5, 0.6) is 11.5 Å². The number of methoxy groups -OCH3 is 1. The van der Waals surface area contributed by atoms with Crippen LogP contribution in [-0.2, 0) is 0 Å². The van der Waals surface area contributed by atoms with Crippen molar-refractivity contribution in [3.63, 3.8) is 0 Å². The third kappa shape index (κ3) is 2.67. The topological polar surface area (TPSA) is 55.5 Å². The molecular formula is C13H21NO2. The standard InChI is InChI=1S/C13H21NO2/c1-4-11(9(2)8-14)10-5-6-12(15)13(7-10)16-3/h5-7,9,11,15H,4,8,14H2,1-3H3. The Kier molecular flexibility index (Phi) is 4.62. The van der Waals surface area contributed by atoms with Crippen LogP contribution in [0.2, 0.25) is 0 Å². The molecule has 0 amide bonds. The summed E-state index contributed by atoms with van der Waals surface area (Å²) < 4.78 is 5.11. The minimum absolute atomic E-state index is 0.182. The molecular weight excluding hydrogens is 202 g/mol. The highest BCUT2D eigenvalue weighted by molar-refractivity contribution is 5.43. The number of benzene rings is 1. The lowest BCUT2D eigenvalue weighted by atomic mass is 9.85. The van der Waals surface area contributed by atoms with Gasteiger partial charge in [-0.3, -0.25) is 0 Å². The summed E-state index contributed by atoms with van der Waals surface area (Å²) in [5.41, 5.74) is 6.88. The largest absolute Gasteiger partial charge is 0.504 e. The Morgan fingerprint density at radius 3 is 2.62 bits per heavy atom. The number of phenols is 1. The summed E-state index contributed by atoms with van der Waals surface area (Å²) in [7, 11) is 1.56. The van der Waals surface area contributed by atoms with E-state index in [9.17, 15) is 5.11 Å². The van der Waals surface area contributed by atoms with E-state index in [2.05, 4.69) is 13.8 Å². The summed E-state index contributed by atoms with van der Waals surface area (Å²) >= 11 is 0. The molecule has 0 aliphatic carbocycles. The summed E-state index contributed by atoms with van der Waals surface area (Å²) in [5, 5.41) is 9.54. The van der Waals surface area contributed by atoms with E-state index in [-0.39, 0.29) is 5.75 Å². The molecule has 1 rings (SSSR count). The maximum Gasteiger partial charge on any atom is 0.160 e. The molecule has 0 spiro atoms. The molecule has 2 atom stereocenters. The maximum atomic E-state index is 9.54. The monoisotopic (exact) mass is 223 g/mol. The van der Waals surface area contributed by atoms with Gasteiger partial charge >= 0.3 is 0 Å². The first-order chi connectivity index (χ1) is 7.63. The van der Waals surface area contributed by atoms with Crippen LogP contribution in [0.15, 0.2) is 18.2 Å². The molecule has 2 unspecified atom stereocenters. The van der Waals surface area contributed by atoms with Gasteiger partial charge in [-0.05, 0) is 42.5 Å². The Labute approximate surface area is 97.2 Å². The number of ether oxygens (including phenoxy) is 1. The van der Waals surface area contributed by atoms with Gasteiger partial charge in [0.2, 0.25) is 0 Å². The maximum absolute atomic E-state index is 9.54. The number of phenolic OH excluding ortho intramolecular Hbond substituents is 1. The highest BCUT2D eigenvalue weighted by Crippen LogP contribution is 2.33. The third-order valence-corrected chi connectivity index (χ3v) is 3.13. The van der Waals surface area contributed by atoms with Crippen molar-refractivity contribution < 1.29 is 9.84 Å². The summed E-state index contributed by atoms with van der Waals surface area (Å²) in [6, 6.07) is 5.52. The molecule has 0 bridgehead atoms. The number of nitrogens with two attached hydrogens (primary N) is 1. The Balaban J connectivity index is 3.01. The van der Waals surface area contributed by atoms with E-state index in [1.54, 1.807) is 13.2 Å². The first-order valence-corrected chi connectivity index (χ1v) is 5.71. The second-order valence-electron chi connectivity index (χ2n) is 4.16. The van der Waals surface area contributed by atoms with Crippen LogP contribution >= 0.6 is 0 Å². The fourth-order valence-electron chi connectivity index (χ4n) is 2.06. The first-order valence-electron chi connectivity index (χ1n) is 5.71. The van der Waals surface area contributed by atoms with Crippen LogP contribution in [0.4, 0.5) is 0 Å². The molecule has 0 fully saturated rings. The second kappa shape index (κ2) is 5.75. The van der Waals surface area contributed by atoms with Crippen molar-refractivity contribution in [2.45, 2.75) is 26.2 Å². The molecule has 0 aliphatic rings. The van der Waals surface area contributed by atoms with E-state index >= 15 is 0 Å². The second-order valence-corrected chi connectivity index (χ2v) is 4.16. The molecule has 3 N–H and O–H groups in total. The van der Waals surface area contributed by atoms with Crippen molar-refractivity contribution in [3.8, 4) is 11.5 Å². The number of hydrogen-bond acceptors (Lipinski definition) is 3. The van der Waals surface area contributed by atoms with Gasteiger partial charge in [0, 0.05) is 0 Å². The van der Waals surface area contributed by atoms with Crippen LogP contribution in [0.3, 0.4) is 0 Å². The third-order valence-electron chi connectivity index (χ3n) is 3.13. The highest BCUT2D eigenvalue weighted by Gasteiger charge is 2.17. The summed E-state index contributed by atoms with van der Waals surface area (Å²) in [4.78, 5) is 0. The van der Waals surface area contributed by atoms with Gasteiger partial charge in [0.1, 0.15) is 0 Å². The zero-order valence-electron chi connectivity index (χ0n) is 10.2. The van der Waals surface area contributed by atoms with Crippen LogP contribution in [0, 0.1) is 5.92 Å². The molecule has 0 aliphatic heterocycles. The molecule has 3 nitrogen and oxygen atoms in total. The molecule has 1 aromatic carbocycles. The van der Waals surface area contributed by atoms with Crippen LogP contribution in [-0.4, -0.2) is 18.8 Å². The normalized spacial score (nSPS) is 14.5. The van der Waals surface area contributed by atoms with Gasteiger partial charge in [0.25, 0.3) is 0 Å². The van der Waals surface area contributed by atoms with Crippen molar-refractivity contribution >= 4 is 0 Å². The minimum atomic E-state index is 0.182. The van der Waals surface area contributed by atoms with Gasteiger partial charge in [-0.15, -0.1) is 0 Å². The zero-order chi connectivity index (χ0) is 12.1. The number of rotatable bonds is 5. The van der Waals surface area contributed by atoms with E-state index in [0.29, 0.717) is 24.1 Å². The summed E-state index contributed by atoms with van der Waals surface area (Å²) in [5.74, 6) is 1.56. The highest BCUT2D eigenvalue weighted by atomic mass is 16.5. The summed E-state index contributed by atoms with van der Waals surface area (Å²) in [6.07, 6.45) is 1.03. The van der Waals surface area contributed by atoms with Gasteiger partial charge in [0.15, 0.2) is 11.5 Å². The average molecular weight is 223 g/mol. The van der Waals surface area contributed by atoms with E-state index in [0.717, 1.165) is 6.42 Å². The molecule has 3 heteroatoms. The molecule has 16 heavy (non-hydrogen) atoms. The zero-order valence-corrected chi connectivity index (χ0v) is 10.2. The molecule has 90 valence electrons. The van der Waals surface area contributed by atoms with Gasteiger partial charge < -0.3 is 15.6 Å². The molecule has 0 heterocycles. The lowest BCUT2D eigenvalue weighted by molar-refractivity contribution is 0.371. The predicted octanol–water partition coefficient (Wildman–Crippen LogP) is 2.49. The van der Waals surface area contributed by atoms with Gasteiger partial charge in [-0.2, -0.15) is 0 Å². The van der Waals surface area contributed by atoms with Crippen molar-refractivity contribution in [3.05, 3.63) is 23.8 Å². The fourth-order valence-corrected chi connectivity index (χ4v) is 2.06. The lowest BCUT2D eigenvalue weighted by Gasteiger charge is -2.22. The van der Waals surface area contributed by atoms with E-state index in [4.69, 9.17) is 10.5 Å². The first kappa shape index (κ1) is 12.8. The molecule has 0 radical (unpaired) electrons. The Morgan fingerprint density at radius 1 is 1.44 bits per heavy atom. The van der Waals surface area contributed by atoms with Crippen molar-refractivity contribution in [1.82, 2.24) is 0 Å². The Hall–Kier alpha value is -1.22. The van der Waals surface area contributed by atoms with E-state index in [1.165, 1.54) is 5.56 Å². The Morgan fingerprint density at radius 2 is 2.12 bits per heavy atom.